The molecule has 0 fully saturated rings. The number of hydrogen-bond acceptors (Lipinski definition) is 1. The average molecular weight is 569 g/mol. The highest BCUT2D eigenvalue weighted by Crippen LogP contribution is 2.43. The Morgan fingerprint density at radius 2 is 0.806 bits per heavy atom. The first-order valence-corrected chi connectivity index (χ1v) is 13.2. The summed E-state index contributed by atoms with van der Waals surface area (Å²) in [6.45, 7) is 0. The number of anilines is 3. The molecule has 6 aromatic carbocycles. The molecule has 0 aliphatic carbocycles. The summed E-state index contributed by atoms with van der Waals surface area (Å²) in [7, 11) is 0. The van der Waals surface area contributed by atoms with E-state index in [0.29, 0.717) is 10.0 Å². The van der Waals surface area contributed by atoms with Gasteiger partial charge in [-0.2, -0.15) is 0 Å². The normalized spacial score (nSPS) is 11.2. The Kier molecular flexibility index (Phi) is 6.18. The number of halogens is 3. The lowest BCUT2D eigenvalue weighted by molar-refractivity contribution is 1.28. The molecule has 0 radical (unpaired) electrons. The monoisotopic (exact) mass is 567 g/mol. The van der Waals surface area contributed by atoms with E-state index in [0.717, 1.165) is 21.5 Å². The van der Waals surface area contributed by atoms with Crippen molar-refractivity contribution in [1.29, 1.82) is 0 Å². The summed E-state index contributed by atoms with van der Waals surface area (Å²) in [6, 6.07) is 41.6. The predicted molar refractivity (Wildman–Crippen MR) is 159 cm³/mol. The number of hydrogen-bond donors (Lipinski definition) is 0. The predicted octanol–water partition coefficient (Wildman–Crippen LogP) is 11.2. The van der Waals surface area contributed by atoms with Gasteiger partial charge < -0.3 is 4.90 Å². The molecule has 1 nitrogen and oxygen atoms in total. The molecule has 6 rings (SSSR count). The van der Waals surface area contributed by atoms with Gasteiger partial charge in [-0.05, 0) is 109 Å². The van der Waals surface area contributed by atoms with E-state index in [4.69, 9.17) is 23.2 Å². The average Bonchev–Trinajstić information content (AvgIpc) is 2.92. The maximum Gasteiger partial charge on any atom is 0.0462 e. The molecule has 36 heavy (non-hydrogen) atoms. The van der Waals surface area contributed by atoms with Gasteiger partial charge >= 0.3 is 0 Å². The van der Waals surface area contributed by atoms with Crippen LogP contribution >= 0.6 is 39.1 Å². The van der Waals surface area contributed by atoms with Crippen LogP contribution in [0.25, 0.3) is 32.7 Å². The lowest BCUT2D eigenvalue weighted by Crippen LogP contribution is -2.09. The van der Waals surface area contributed by atoms with Crippen LogP contribution in [0.4, 0.5) is 17.1 Å². The summed E-state index contributed by atoms with van der Waals surface area (Å²) in [5, 5.41) is 6.28. The van der Waals surface area contributed by atoms with Crippen molar-refractivity contribution in [3.63, 3.8) is 0 Å². The summed E-state index contributed by atoms with van der Waals surface area (Å²) in [6.07, 6.45) is 0. The van der Waals surface area contributed by atoms with Gasteiger partial charge in [-0.1, -0.05) is 83.9 Å². The molecule has 0 aromatic heterocycles. The standard InChI is InChI=1S/C32H20BrCl2N/c33-32-29-7-3-1-5-27(29)31(28-6-2-4-8-30(28)32)21-9-15-24(16-10-21)36(25-17-11-22(34)12-18-25)26-19-13-23(35)14-20-26/h1-20H. The van der Waals surface area contributed by atoms with E-state index < -0.39 is 0 Å². The second kappa shape index (κ2) is 9.63. The third-order valence-corrected chi connectivity index (χ3v) is 7.81. The van der Waals surface area contributed by atoms with Crippen LogP contribution in [-0.2, 0) is 0 Å². The first-order chi connectivity index (χ1) is 17.6. The molecule has 0 bridgehead atoms. The lowest BCUT2D eigenvalue weighted by Gasteiger charge is -2.26. The molecule has 0 atom stereocenters. The fraction of sp³-hybridized carbons (Fsp3) is 0. The minimum Gasteiger partial charge on any atom is -0.311 e. The quantitative estimate of drug-likeness (QED) is 0.191. The number of fused-ring (bicyclic) bond motifs is 2. The molecular formula is C32H20BrCl2N. The van der Waals surface area contributed by atoms with Crippen LogP contribution in [0.2, 0.25) is 10.0 Å². The molecule has 0 saturated heterocycles. The van der Waals surface area contributed by atoms with Crippen LogP contribution in [0.15, 0.2) is 126 Å². The fourth-order valence-electron chi connectivity index (χ4n) is 4.79. The van der Waals surface area contributed by atoms with Crippen molar-refractivity contribution in [2.24, 2.45) is 0 Å². The van der Waals surface area contributed by atoms with E-state index in [9.17, 15) is 0 Å². The van der Waals surface area contributed by atoms with Gasteiger partial charge in [0.2, 0.25) is 0 Å². The van der Waals surface area contributed by atoms with E-state index in [-0.39, 0.29) is 0 Å². The van der Waals surface area contributed by atoms with Gasteiger partial charge in [0.15, 0.2) is 0 Å². The van der Waals surface area contributed by atoms with Gasteiger partial charge in [0.25, 0.3) is 0 Å². The summed E-state index contributed by atoms with van der Waals surface area (Å²) in [4.78, 5) is 2.20. The Labute approximate surface area is 228 Å². The Morgan fingerprint density at radius 3 is 1.22 bits per heavy atom. The van der Waals surface area contributed by atoms with Gasteiger partial charge in [-0.25, -0.2) is 0 Å². The molecule has 0 aliphatic rings. The van der Waals surface area contributed by atoms with Crippen molar-refractivity contribution in [2.45, 2.75) is 0 Å². The van der Waals surface area contributed by atoms with E-state index >= 15 is 0 Å². The Bertz CT molecular complexity index is 1590. The van der Waals surface area contributed by atoms with Gasteiger partial charge in [0.1, 0.15) is 0 Å². The fourth-order valence-corrected chi connectivity index (χ4v) is 5.73. The van der Waals surface area contributed by atoms with Gasteiger partial charge in [0.05, 0.1) is 0 Å². The molecule has 174 valence electrons. The Hall–Kier alpha value is -3.30. The van der Waals surface area contributed by atoms with Crippen LogP contribution in [0.5, 0.6) is 0 Å². The van der Waals surface area contributed by atoms with Gasteiger partial charge in [-0.3, -0.25) is 0 Å². The molecule has 0 amide bonds. The van der Waals surface area contributed by atoms with E-state index in [1.807, 2.05) is 48.5 Å². The highest BCUT2D eigenvalue weighted by Gasteiger charge is 2.16. The second-order valence-electron chi connectivity index (χ2n) is 8.62. The van der Waals surface area contributed by atoms with Gasteiger partial charge in [0, 0.05) is 31.6 Å². The van der Waals surface area contributed by atoms with Crippen LogP contribution in [0.1, 0.15) is 0 Å². The molecule has 0 saturated carbocycles. The first kappa shape index (κ1) is 23.1. The van der Waals surface area contributed by atoms with Crippen molar-refractivity contribution in [3.05, 3.63) is 136 Å². The Morgan fingerprint density at radius 1 is 0.444 bits per heavy atom. The van der Waals surface area contributed by atoms with Crippen LogP contribution < -0.4 is 4.90 Å². The molecule has 6 aromatic rings. The topological polar surface area (TPSA) is 3.24 Å². The first-order valence-electron chi connectivity index (χ1n) is 11.6. The summed E-state index contributed by atoms with van der Waals surface area (Å²) >= 11 is 16.2. The third kappa shape index (κ3) is 4.16. The highest BCUT2D eigenvalue weighted by molar-refractivity contribution is 9.10. The molecule has 0 aliphatic heterocycles. The minimum absolute atomic E-state index is 0.708. The SMILES string of the molecule is Clc1ccc(N(c2ccc(Cl)cc2)c2ccc(-c3c4ccccc4c(Br)c4ccccc34)cc2)cc1. The maximum atomic E-state index is 6.18. The van der Waals surface area contributed by atoms with Gasteiger partial charge in [-0.15, -0.1) is 0 Å². The summed E-state index contributed by atoms with van der Waals surface area (Å²) < 4.78 is 1.13. The van der Waals surface area contributed by atoms with Crippen LogP contribution in [-0.4, -0.2) is 0 Å². The van der Waals surface area contributed by atoms with E-state index in [2.05, 4.69) is 93.6 Å². The summed E-state index contributed by atoms with van der Waals surface area (Å²) in [5.74, 6) is 0. The van der Waals surface area contributed by atoms with Crippen LogP contribution in [0.3, 0.4) is 0 Å². The summed E-state index contributed by atoms with van der Waals surface area (Å²) in [5.41, 5.74) is 5.50. The lowest BCUT2D eigenvalue weighted by atomic mass is 9.92. The molecule has 0 unspecified atom stereocenters. The zero-order chi connectivity index (χ0) is 24.6. The van der Waals surface area contributed by atoms with Crippen molar-refractivity contribution >= 4 is 77.7 Å². The third-order valence-electron chi connectivity index (χ3n) is 6.45. The largest absolute Gasteiger partial charge is 0.311 e. The van der Waals surface area contributed by atoms with Crippen molar-refractivity contribution in [1.82, 2.24) is 0 Å². The molecular weight excluding hydrogens is 549 g/mol. The molecule has 4 heteroatoms. The maximum absolute atomic E-state index is 6.18. The minimum atomic E-state index is 0.708. The van der Waals surface area contributed by atoms with E-state index in [1.165, 1.54) is 32.7 Å². The van der Waals surface area contributed by atoms with Crippen molar-refractivity contribution < 1.29 is 0 Å². The zero-order valence-electron chi connectivity index (χ0n) is 19.1. The van der Waals surface area contributed by atoms with Crippen molar-refractivity contribution in [2.75, 3.05) is 4.90 Å². The molecule has 0 heterocycles. The highest BCUT2D eigenvalue weighted by atomic mass is 79.9. The zero-order valence-corrected chi connectivity index (χ0v) is 22.2. The number of benzene rings is 6. The Balaban J connectivity index is 1.52. The number of nitrogens with zero attached hydrogens (tertiary/aromatic N) is 1. The molecule has 0 N–H and O–H groups in total. The van der Waals surface area contributed by atoms with Crippen molar-refractivity contribution in [3.8, 4) is 11.1 Å². The van der Waals surface area contributed by atoms with Crippen LogP contribution in [0, 0.1) is 0 Å². The molecule has 0 spiro atoms. The van der Waals surface area contributed by atoms with E-state index in [1.54, 1.807) is 0 Å². The smallest absolute Gasteiger partial charge is 0.0462 e. The number of rotatable bonds is 4. The second-order valence-corrected chi connectivity index (χ2v) is 10.3.